The molecule has 3 unspecified atom stereocenters. The van der Waals surface area contributed by atoms with Gasteiger partial charge in [-0.15, -0.1) is 0 Å². The fourth-order valence-electron chi connectivity index (χ4n) is 8.21. The van der Waals surface area contributed by atoms with Gasteiger partial charge in [-0.25, -0.2) is 0 Å². The molecule has 0 saturated carbocycles. The van der Waals surface area contributed by atoms with E-state index in [1.54, 1.807) is 0 Å². The number of pyridine rings is 1. The molecular formula is C47H39N. The number of fused-ring (bicyclic) bond motifs is 1. The van der Waals surface area contributed by atoms with Crippen molar-refractivity contribution in [1.29, 1.82) is 0 Å². The summed E-state index contributed by atoms with van der Waals surface area (Å²) in [5.74, 6) is 1.06. The first-order valence-corrected chi connectivity index (χ1v) is 17.3. The Bertz CT molecular complexity index is 2360. The lowest BCUT2D eigenvalue weighted by Gasteiger charge is -2.38. The van der Waals surface area contributed by atoms with Crippen molar-refractivity contribution < 1.29 is 0 Å². The molecule has 1 heteroatoms. The summed E-state index contributed by atoms with van der Waals surface area (Å²) in [4.78, 5) is 4.63. The van der Waals surface area contributed by atoms with Crippen LogP contribution in [0.15, 0.2) is 146 Å². The zero-order valence-corrected chi connectivity index (χ0v) is 27.8. The molecule has 3 aliphatic rings. The summed E-state index contributed by atoms with van der Waals surface area (Å²) in [7, 11) is 0. The molecule has 1 nitrogen and oxygen atoms in total. The second-order valence-corrected chi connectivity index (χ2v) is 14.8. The zero-order chi connectivity index (χ0) is 32.4. The highest BCUT2D eigenvalue weighted by Crippen LogP contribution is 2.52. The van der Waals surface area contributed by atoms with Crippen LogP contribution in [0.5, 0.6) is 0 Å². The van der Waals surface area contributed by atoms with E-state index in [0.29, 0.717) is 17.8 Å². The summed E-state index contributed by atoms with van der Waals surface area (Å²) in [5, 5.41) is 5.33. The third-order valence-electron chi connectivity index (χ3n) is 10.8. The normalized spacial score (nSPS) is 19.8. The second-order valence-electron chi connectivity index (χ2n) is 14.8. The molecule has 0 spiro atoms. The third-order valence-corrected chi connectivity index (χ3v) is 10.8. The van der Waals surface area contributed by atoms with E-state index in [1.807, 2.05) is 12.3 Å². The van der Waals surface area contributed by atoms with Crippen molar-refractivity contribution in [3.8, 4) is 11.1 Å². The molecular weight excluding hydrogens is 579 g/mol. The molecule has 0 fully saturated rings. The number of nitrogens with zero attached hydrogens (tertiary/aromatic N) is 1. The molecule has 1 aromatic heterocycles. The smallest absolute Gasteiger partial charge is 0.0698 e. The van der Waals surface area contributed by atoms with Crippen molar-refractivity contribution in [1.82, 2.24) is 4.98 Å². The third kappa shape index (κ3) is 4.88. The molecule has 5 aromatic carbocycles. The molecule has 0 bridgehead atoms. The highest BCUT2D eigenvalue weighted by atomic mass is 14.7. The van der Waals surface area contributed by atoms with Crippen molar-refractivity contribution in [2.45, 2.75) is 38.5 Å². The molecule has 48 heavy (non-hydrogen) atoms. The van der Waals surface area contributed by atoms with Gasteiger partial charge in [0.15, 0.2) is 0 Å². The molecule has 3 atom stereocenters. The number of rotatable bonds is 4. The van der Waals surface area contributed by atoms with E-state index in [-0.39, 0.29) is 5.41 Å². The van der Waals surface area contributed by atoms with E-state index in [1.165, 1.54) is 71.6 Å². The average Bonchev–Trinajstić information content (AvgIpc) is 3.13. The van der Waals surface area contributed by atoms with Crippen LogP contribution in [0.2, 0.25) is 0 Å². The first-order chi connectivity index (χ1) is 23.4. The lowest BCUT2D eigenvalue weighted by molar-refractivity contribution is 0.436. The molecule has 9 rings (SSSR count). The van der Waals surface area contributed by atoms with Crippen LogP contribution in [-0.4, -0.2) is 4.98 Å². The van der Waals surface area contributed by atoms with Crippen molar-refractivity contribution in [3.63, 3.8) is 0 Å². The van der Waals surface area contributed by atoms with Gasteiger partial charge in [0.05, 0.1) is 5.69 Å². The van der Waals surface area contributed by atoms with E-state index in [0.717, 1.165) is 12.1 Å². The van der Waals surface area contributed by atoms with Crippen LogP contribution in [0.25, 0.3) is 49.9 Å². The summed E-state index contributed by atoms with van der Waals surface area (Å²) in [6.07, 6.45) is 17.5. The Morgan fingerprint density at radius 1 is 0.667 bits per heavy atom. The topological polar surface area (TPSA) is 12.9 Å². The Hall–Kier alpha value is -5.27. The molecule has 3 aliphatic carbocycles. The minimum Gasteiger partial charge on any atom is -0.256 e. The van der Waals surface area contributed by atoms with E-state index >= 15 is 0 Å². The maximum atomic E-state index is 4.63. The molecule has 6 aromatic rings. The Morgan fingerprint density at radius 3 is 2.29 bits per heavy atom. The summed E-state index contributed by atoms with van der Waals surface area (Å²) in [5.41, 5.74) is 13.1. The van der Waals surface area contributed by atoms with Gasteiger partial charge < -0.3 is 0 Å². The van der Waals surface area contributed by atoms with Gasteiger partial charge in [0.1, 0.15) is 0 Å². The van der Waals surface area contributed by atoms with Gasteiger partial charge in [-0.2, -0.15) is 0 Å². The Morgan fingerprint density at radius 2 is 1.48 bits per heavy atom. The monoisotopic (exact) mass is 617 g/mol. The predicted molar refractivity (Wildman–Crippen MR) is 204 cm³/mol. The van der Waals surface area contributed by atoms with Crippen LogP contribution < -0.4 is 0 Å². The van der Waals surface area contributed by atoms with Crippen molar-refractivity contribution in [2.24, 2.45) is 11.8 Å². The molecule has 0 saturated heterocycles. The summed E-state index contributed by atoms with van der Waals surface area (Å²) in [6, 6.07) is 40.5. The fourth-order valence-corrected chi connectivity index (χ4v) is 8.21. The van der Waals surface area contributed by atoms with Crippen LogP contribution in [0.4, 0.5) is 0 Å². The van der Waals surface area contributed by atoms with Crippen LogP contribution in [-0.2, 0) is 5.41 Å². The standard InChI is InChI=1S/C47H39N/c1-47(2,3)39-27-37-20-22-40-42(31-15-17-32(18-16-31)44-13-6-7-24-48-44)29-43(41-23-21-38(28-39)45(37)46(40)41)36-12-8-11-34(26-36)35-19-14-30-9-4-5-10-33(30)25-35/h4-15,17-29,31,40,42H,16H2,1-3H3. The van der Waals surface area contributed by atoms with Gasteiger partial charge in [0, 0.05) is 12.1 Å². The first kappa shape index (κ1) is 28.9. The van der Waals surface area contributed by atoms with Crippen molar-refractivity contribution in [2.75, 3.05) is 0 Å². The van der Waals surface area contributed by atoms with Crippen molar-refractivity contribution in [3.05, 3.63) is 179 Å². The summed E-state index contributed by atoms with van der Waals surface area (Å²) < 4.78 is 0. The van der Waals surface area contributed by atoms with E-state index in [4.69, 9.17) is 0 Å². The SMILES string of the molecule is CC(C)(C)c1cc2c3c4c(ccc3c1)C(c1cccc(-c3ccc5ccccc5c3)c1)=CC(C1C=CC(c3ccccn3)=CC1)C4C=C2. The summed E-state index contributed by atoms with van der Waals surface area (Å²) >= 11 is 0. The van der Waals surface area contributed by atoms with Gasteiger partial charge in [0.2, 0.25) is 0 Å². The molecule has 232 valence electrons. The average molecular weight is 618 g/mol. The minimum absolute atomic E-state index is 0.0899. The number of benzene rings is 5. The number of allylic oxidation sites excluding steroid dienone is 6. The minimum atomic E-state index is 0.0899. The van der Waals surface area contributed by atoms with E-state index in [2.05, 4.69) is 165 Å². The highest BCUT2D eigenvalue weighted by molar-refractivity contribution is 6.02. The maximum absolute atomic E-state index is 4.63. The lowest BCUT2D eigenvalue weighted by Crippen LogP contribution is -2.25. The molecule has 0 N–H and O–H groups in total. The summed E-state index contributed by atoms with van der Waals surface area (Å²) in [6.45, 7) is 6.95. The molecule has 0 amide bonds. The van der Waals surface area contributed by atoms with Crippen LogP contribution in [0.1, 0.15) is 66.6 Å². The number of hydrogen-bond acceptors (Lipinski definition) is 1. The van der Waals surface area contributed by atoms with Gasteiger partial charge in [-0.3, -0.25) is 4.98 Å². The Balaban J connectivity index is 1.19. The van der Waals surface area contributed by atoms with Crippen molar-refractivity contribution >= 4 is 38.8 Å². The second kappa shape index (κ2) is 11.2. The maximum Gasteiger partial charge on any atom is 0.0698 e. The lowest BCUT2D eigenvalue weighted by atomic mass is 9.65. The van der Waals surface area contributed by atoms with Gasteiger partial charge in [-0.05, 0) is 120 Å². The van der Waals surface area contributed by atoms with E-state index < -0.39 is 0 Å². The van der Waals surface area contributed by atoms with Gasteiger partial charge in [-0.1, -0.05) is 142 Å². The first-order valence-electron chi connectivity index (χ1n) is 17.3. The van der Waals surface area contributed by atoms with Gasteiger partial charge in [0.25, 0.3) is 0 Å². The van der Waals surface area contributed by atoms with Crippen LogP contribution in [0.3, 0.4) is 0 Å². The molecule has 0 aliphatic heterocycles. The largest absolute Gasteiger partial charge is 0.256 e. The van der Waals surface area contributed by atoms with Gasteiger partial charge >= 0.3 is 0 Å². The predicted octanol–water partition coefficient (Wildman–Crippen LogP) is 12.2. The van der Waals surface area contributed by atoms with Crippen LogP contribution in [0, 0.1) is 11.8 Å². The molecule has 0 radical (unpaired) electrons. The van der Waals surface area contributed by atoms with Crippen LogP contribution >= 0.6 is 0 Å². The number of hydrogen-bond donors (Lipinski definition) is 0. The Labute approximate surface area is 283 Å². The molecule has 1 heterocycles. The quantitative estimate of drug-likeness (QED) is 0.192. The number of aromatic nitrogens is 1. The fraction of sp³-hybridized carbons (Fsp3) is 0.170. The highest BCUT2D eigenvalue weighted by Gasteiger charge is 2.36. The Kier molecular flexibility index (Phi) is 6.73. The zero-order valence-electron chi connectivity index (χ0n) is 27.8. The van der Waals surface area contributed by atoms with E-state index in [9.17, 15) is 0 Å².